The molecule has 0 fully saturated rings. The minimum absolute atomic E-state index is 0.150. The van der Waals surface area contributed by atoms with E-state index in [1.165, 1.54) is 0 Å². The molecule has 20 heavy (non-hydrogen) atoms. The molecule has 0 amide bonds. The Bertz CT molecular complexity index is 698. The Morgan fingerprint density at radius 3 is 2.80 bits per heavy atom. The Labute approximate surface area is 117 Å². The number of nitrogens with one attached hydrogen (secondary N) is 2. The molecular weight excluding hydrogens is 252 g/mol. The number of rotatable bonds is 4. The Kier molecular flexibility index (Phi) is 3.14. The van der Waals surface area contributed by atoms with E-state index in [0.29, 0.717) is 6.04 Å². The Morgan fingerprint density at radius 2 is 2.10 bits per heavy atom. The molecule has 3 rings (SSSR count). The van der Waals surface area contributed by atoms with Crippen LogP contribution in [0.5, 0.6) is 0 Å². The molecule has 3 aromatic rings. The van der Waals surface area contributed by atoms with Gasteiger partial charge < -0.3 is 5.32 Å². The molecule has 0 saturated heterocycles. The van der Waals surface area contributed by atoms with Crippen molar-refractivity contribution in [1.82, 2.24) is 25.0 Å². The second kappa shape index (κ2) is 4.96. The smallest absolute Gasteiger partial charge is 0.158 e. The van der Waals surface area contributed by atoms with Gasteiger partial charge in [-0.15, -0.1) is 0 Å². The van der Waals surface area contributed by atoms with Gasteiger partial charge in [0.2, 0.25) is 0 Å². The van der Waals surface area contributed by atoms with Gasteiger partial charge in [-0.1, -0.05) is 0 Å². The minimum atomic E-state index is 0.150. The molecule has 2 N–H and O–H groups in total. The molecule has 0 radical (unpaired) electrons. The molecule has 0 aliphatic heterocycles. The SMILES string of the molecule is CC(Nc1cnc2c(cnn2C(C)C)c1)c1ccn[nH]1. The number of H-pyrrole nitrogens is 1. The fourth-order valence-electron chi connectivity index (χ4n) is 2.23. The van der Waals surface area contributed by atoms with Crippen LogP contribution in [0.4, 0.5) is 5.69 Å². The Balaban J connectivity index is 1.86. The second-order valence-corrected chi connectivity index (χ2v) is 5.20. The maximum absolute atomic E-state index is 4.51. The van der Waals surface area contributed by atoms with Crippen LogP contribution in [0.2, 0.25) is 0 Å². The van der Waals surface area contributed by atoms with Crippen molar-refractivity contribution in [1.29, 1.82) is 0 Å². The van der Waals surface area contributed by atoms with Gasteiger partial charge in [0, 0.05) is 17.6 Å². The number of fused-ring (bicyclic) bond motifs is 1. The van der Waals surface area contributed by atoms with Crippen LogP contribution < -0.4 is 5.32 Å². The first kappa shape index (κ1) is 12.7. The predicted molar refractivity (Wildman–Crippen MR) is 78.5 cm³/mol. The summed E-state index contributed by atoms with van der Waals surface area (Å²) in [6.07, 6.45) is 5.45. The van der Waals surface area contributed by atoms with Crippen LogP contribution in [0.15, 0.2) is 30.7 Å². The van der Waals surface area contributed by atoms with Crippen molar-refractivity contribution in [3.8, 4) is 0 Å². The summed E-state index contributed by atoms with van der Waals surface area (Å²) in [7, 11) is 0. The van der Waals surface area contributed by atoms with Gasteiger partial charge >= 0.3 is 0 Å². The molecule has 3 heterocycles. The van der Waals surface area contributed by atoms with E-state index in [-0.39, 0.29) is 6.04 Å². The zero-order valence-electron chi connectivity index (χ0n) is 11.8. The third-order valence-corrected chi connectivity index (χ3v) is 3.29. The standard InChI is InChI=1S/C14H18N6/c1-9(2)20-14-11(7-17-20)6-12(8-15-14)18-10(3)13-4-5-16-19-13/h4-10,18H,1-3H3,(H,16,19). The highest BCUT2D eigenvalue weighted by Crippen LogP contribution is 2.22. The molecule has 0 aliphatic rings. The van der Waals surface area contributed by atoms with E-state index in [1.807, 2.05) is 23.1 Å². The largest absolute Gasteiger partial charge is 0.376 e. The summed E-state index contributed by atoms with van der Waals surface area (Å²) < 4.78 is 1.93. The quantitative estimate of drug-likeness (QED) is 0.764. The molecule has 104 valence electrons. The zero-order chi connectivity index (χ0) is 14.1. The lowest BCUT2D eigenvalue weighted by Crippen LogP contribution is -2.08. The second-order valence-electron chi connectivity index (χ2n) is 5.20. The summed E-state index contributed by atoms with van der Waals surface area (Å²) in [5.41, 5.74) is 2.94. The van der Waals surface area contributed by atoms with Crippen LogP contribution in [0, 0.1) is 0 Å². The Morgan fingerprint density at radius 1 is 1.25 bits per heavy atom. The summed E-state index contributed by atoms with van der Waals surface area (Å²) in [6.45, 7) is 6.27. The summed E-state index contributed by atoms with van der Waals surface area (Å²) in [4.78, 5) is 4.51. The number of aromatic nitrogens is 5. The lowest BCUT2D eigenvalue weighted by Gasteiger charge is -2.13. The molecule has 1 atom stereocenters. The highest BCUT2D eigenvalue weighted by atomic mass is 15.3. The van der Waals surface area contributed by atoms with Crippen molar-refractivity contribution in [3.63, 3.8) is 0 Å². The molecule has 0 aliphatic carbocycles. The van der Waals surface area contributed by atoms with Gasteiger partial charge in [-0.3, -0.25) is 5.10 Å². The molecule has 0 bridgehead atoms. The number of anilines is 1. The van der Waals surface area contributed by atoms with Gasteiger partial charge in [0.1, 0.15) is 0 Å². The summed E-state index contributed by atoms with van der Waals surface area (Å²) >= 11 is 0. The van der Waals surface area contributed by atoms with E-state index >= 15 is 0 Å². The van der Waals surface area contributed by atoms with E-state index in [0.717, 1.165) is 22.4 Å². The first-order valence-corrected chi connectivity index (χ1v) is 6.74. The van der Waals surface area contributed by atoms with Crippen molar-refractivity contribution < 1.29 is 0 Å². The maximum atomic E-state index is 4.51. The fraction of sp³-hybridized carbons (Fsp3) is 0.357. The van der Waals surface area contributed by atoms with Crippen LogP contribution in [0.1, 0.15) is 38.5 Å². The summed E-state index contributed by atoms with van der Waals surface area (Å²) in [5.74, 6) is 0. The van der Waals surface area contributed by atoms with Crippen molar-refractivity contribution >= 4 is 16.7 Å². The van der Waals surface area contributed by atoms with Gasteiger partial charge in [-0.2, -0.15) is 10.2 Å². The molecular formula is C14H18N6. The maximum Gasteiger partial charge on any atom is 0.158 e. The summed E-state index contributed by atoms with van der Waals surface area (Å²) in [5, 5.41) is 15.7. The monoisotopic (exact) mass is 270 g/mol. The number of pyridine rings is 1. The van der Waals surface area contributed by atoms with E-state index in [9.17, 15) is 0 Å². The van der Waals surface area contributed by atoms with Crippen molar-refractivity contribution in [2.75, 3.05) is 5.32 Å². The van der Waals surface area contributed by atoms with E-state index in [4.69, 9.17) is 0 Å². The summed E-state index contributed by atoms with van der Waals surface area (Å²) in [6, 6.07) is 4.49. The topological polar surface area (TPSA) is 71.4 Å². The Hall–Kier alpha value is -2.37. The number of hydrogen-bond donors (Lipinski definition) is 2. The average Bonchev–Trinajstić information content (AvgIpc) is 3.07. The number of nitrogens with zero attached hydrogens (tertiary/aromatic N) is 4. The van der Waals surface area contributed by atoms with Crippen LogP contribution in [0.3, 0.4) is 0 Å². The van der Waals surface area contributed by atoms with Gasteiger partial charge in [0.15, 0.2) is 5.65 Å². The van der Waals surface area contributed by atoms with Crippen molar-refractivity contribution in [2.45, 2.75) is 32.9 Å². The van der Waals surface area contributed by atoms with Crippen LogP contribution in [0.25, 0.3) is 11.0 Å². The van der Waals surface area contributed by atoms with Crippen LogP contribution in [-0.4, -0.2) is 25.0 Å². The normalized spacial score (nSPS) is 13.0. The zero-order valence-corrected chi connectivity index (χ0v) is 11.8. The van der Waals surface area contributed by atoms with Crippen LogP contribution >= 0.6 is 0 Å². The van der Waals surface area contributed by atoms with E-state index < -0.39 is 0 Å². The van der Waals surface area contributed by atoms with Crippen molar-refractivity contribution in [3.05, 3.63) is 36.4 Å². The third kappa shape index (κ3) is 2.24. The highest BCUT2D eigenvalue weighted by molar-refractivity contribution is 5.78. The van der Waals surface area contributed by atoms with Gasteiger partial charge in [-0.25, -0.2) is 9.67 Å². The van der Waals surface area contributed by atoms with E-state index in [2.05, 4.69) is 52.4 Å². The minimum Gasteiger partial charge on any atom is -0.376 e. The molecule has 0 spiro atoms. The third-order valence-electron chi connectivity index (χ3n) is 3.29. The van der Waals surface area contributed by atoms with Gasteiger partial charge in [0.05, 0.1) is 29.8 Å². The molecule has 3 aromatic heterocycles. The van der Waals surface area contributed by atoms with Gasteiger partial charge in [0.25, 0.3) is 0 Å². The lowest BCUT2D eigenvalue weighted by atomic mass is 10.2. The first-order chi connectivity index (χ1) is 9.65. The molecule has 6 heteroatoms. The van der Waals surface area contributed by atoms with E-state index in [1.54, 1.807) is 6.20 Å². The molecule has 0 saturated carbocycles. The first-order valence-electron chi connectivity index (χ1n) is 6.74. The number of aromatic amines is 1. The predicted octanol–water partition coefficient (Wildman–Crippen LogP) is 2.91. The fourth-order valence-corrected chi connectivity index (χ4v) is 2.23. The number of hydrogen-bond acceptors (Lipinski definition) is 4. The van der Waals surface area contributed by atoms with Crippen LogP contribution in [-0.2, 0) is 0 Å². The molecule has 0 aromatic carbocycles. The average molecular weight is 270 g/mol. The lowest BCUT2D eigenvalue weighted by molar-refractivity contribution is 0.546. The highest BCUT2D eigenvalue weighted by Gasteiger charge is 2.10. The van der Waals surface area contributed by atoms with Crippen molar-refractivity contribution in [2.24, 2.45) is 0 Å². The molecule has 1 unspecified atom stereocenters. The molecule has 6 nitrogen and oxygen atoms in total. The van der Waals surface area contributed by atoms with Gasteiger partial charge in [-0.05, 0) is 32.9 Å².